The van der Waals surface area contributed by atoms with Crippen LogP contribution in [0.25, 0.3) is 22.8 Å². The van der Waals surface area contributed by atoms with E-state index in [2.05, 4.69) is 26.1 Å². The molecule has 0 saturated heterocycles. The van der Waals surface area contributed by atoms with Crippen LogP contribution < -0.4 is 0 Å². The van der Waals surface area contributed by atoms with Crippen molar-refractivity contribution in [3.63, 3.8) is 0 Å². The summed E-state index contributed by atoms with van der Waals surface area (Å²) in [6, 6.07) is 10.8. The number of phenolic OH excluding ortho intramolecular Hbond substituents is 1. The monoisotopic (exact) mass is 334 g/mol. The summed E-state index contributed by atoms with van der Waals surface area (Å²) in [6.07, 6.45) is 0. The van der Waals surface area contributed by atoms with Gasteiger partial charge in [-0.25, -0.2) is 4.39 Å². The molecule has 3 aromatic rings. The Hall–Kier alpha value is -2.21. The molecule has 6 heteroatoms. The highest BCUT2D eigenvalue weighted by Gasteiger charge is 2.14. The predicted octanol–water partition coefficient (Wildman–Crippen LogP) is 4.01. The van der Waals surface area contributed by atoms with Crippen LogP contribution in [0.2, 0.25) is 0 Å². The Morgan fingerprint density at radius 1 is 1.15 bits per heavy atom. The fourth-order valence-electron chi connectivity index (χ4n) is 1.76. The molecule has 1 heterocycles. The van der Waals surface area contributed by atoms with Crippen LogP contribution in [0.15, 0.2) is 51.5 Å². The van der Waals surface area contributed by atoms with Crippen molar-refractivity contribution in [3.05, 3.63) is 52.8 Å². The van der Waals surface area contributed by atoms with E-state index in [9.17, 15) is 9.50 Å². The Balaban J connectivity index is 2.02. The van der Waals surface area contributed by atoms with E-state index in [1.54, 1.807) is 24.3 Å². The first-order valence-corrected chi connectivity index (χ1v) is 6.51. The molecule has 100 valence electrons. The van der Waals surface area contributed by atoms with Gasteiger partial charge in [0.2, 0.25) is 5.82 Å². The first-order chi connectivity index (χ1) is 9.63. The Kier molecular flexibility index (Phi) is 3.23. The maximum absolute atomic E-state index is 13.2. The molecular formula is C14H8BrFN2O2. The molecule has 0 unspecified atom stereocenters. The number of benzene rings is 2. The van der Waals surface area contributed by atoms with Crippen LogP contribution in [0.4, 0.5) is 4.39 Å². The van der Waals surface area contributed by atoms with Crippen LogP contribution in [-0.2, 0) is 0 Å². The van der Waals surface area contributed by atoms with Gasteiger partial charge in [-0.2, -0.15) is 4.98 Å². The minimum absolute atomic E-state index is 0.0221. The van der Waals surface area contributed by atoms with Crippen molar-refractivity contribution >= 4 is 15.9 Å². The molecule has 0 spiro atoms. The van der Waals surface area contributed by atoms with Gasteiger partial charge >= 0.3 is 0 Å². The van der Waals surface area contributed by atoms with Crippen molar-refractivity contribution < 1.29 is 14.0 Å². The zero-order valence-electron chi connectivity index (χ0n) is 10.0. The second-order valence-electron chi connectivity index (χ2n) is 4.09. The summed E-state index contributed by atoms with van der Waals surface area (Å²) in [7, 11) is 0. The Labute approximate surface area is 122 Å². The fourth-order valence-corrected chi connectivity index (χ4v) is 2.11. The maximum Gasteiger partial charge on any atom is 0.261 e. The van der Waals surface area contributed by atoms with Crippen LogP contribution in [0, 0.1) is 5.82 Å². The van der Waals surface area contributed by atoms with E-state index in [-0.39, 0.29) is 23.3 Å². The molecule has 0 bridgehead atoms. The molecule has 2 aromatic carbocycles. The van der Waals surface area contributed by atoms with Crippen LogP contribution >= 0.6 is 15.9 Å². The van der Waals surface area contributed by atoms with Gasteiger partial charge in [-0.05, 0) is 30.3 Å². The van der Waals surface area contributed by atoms with Gasteiger partial charge < -0.3 is 9.63 Å². The summed E-state index contributed by atoms with van der Waals surface area (Å²) >= 11 is 3.25. The van der Waals surface area contributed by atoms with Gasteiger partial charge in [-0.3, -0.25) is 0 Å². The molecule has 1 N–H and O–H groups in total. The highest BCUT2D eigenvalue weighted by atomic mass is 79.9. The SMILES string of the molecule is Oc1cc(Br)ccc1-c1nc(-c2cccc(F)c2)no1. The molecule has 0 aliphatic carbocycles. The summed E-state index contributed by atoms with van der Waals surface area (Å²) in [5.74, 6) is 0.0882. The summed E-state index contributed by atoms with van der Waals surface area (Å²) in [5.41, 5.74) is 0.931. The average Bonchev–Trinajstić information content (AvgIpc) is 2.88. The van der Waals surface area contributed by atoms with E-state index >= 15 is 0 Å². The van der Waals surface area contributed by atoms with Gasteiger partial charge in [0.05, 0.1) is 5.56 Å². The van der Waals surface area contributed by atoms with Crippen molar-refractivity contribution in [2.24, 2.45) is 0 Å². The number of rotatable bonds is 2. The first kappa shape index (κ1) is 12.8. The molecule has 4 nitrogen and oxygen atoms in total. The van der Waals surface area contributed by atoms with Crippen LogP contribution in [0.3, 0.4) is 0 Å². The third kappa shape index (κ3) is 2.42. The molecular weight excluding hydrogens is 327 g/mol. The predicted molar refractivity (Wildman–Crippen MR) is 74.5 cm³/mol. The molecule has 0 saturated carbocycles. The van der Waals surface area contributed by atoms with E-state index in [4.69, 9.17) is 4.52 Å². The maximum atomic E-state index is 13.2. The van der Waals surface area contributed by atoms with E-state index in [1.807, 2.05) is 0 Å². The summed E-state index contributed by atoms with van der Waals surface area (Å²) < 4.78 is 19.0. The van der Waals surface area contributed by atoms with Crippen molar-refractivity contribution in [1.29, 1.82) is 0 Å². The Morgan fingerprint density at radius 3 is 2.75 bits per heavy atom. The van der Waals surface area contributed by atoms with Crippen molar-refractivity contribution in [3.8, 4) is 28.6 Å². The van der Waals surface area contributed by atoms with Crippen molar-refractivity contribution in [2.75, 3.05) is 0 Å². The molecule has 1 aromatic heterocycles. The number of aromatic nitrogens is 2. The van der Waals surface area contributed by atoms with Gasteiger partial charge in [0.25, 0.3) is 5.89 Å². The Bertz CT molecular complexity index is 773. The van der Waals surface area contributed by atoms with Gasteiger partial charge in [0, 0.05) is 10.0 Å². The fraction of sp³-hybridized carbons (Fsp3) is 0. The Morgan fingerprint density at radius 2 is 2.00 bits per heavy atom. The first-order valence-electron chi connectivity index (χ1n) is 5.72. The van der Waals surface area contributed by atoms with Crippen molar-refractivity contribution in [2.45, 2.75) is 0 Å². The molecule has 0 fully saturated rings. The number of aromatic hydroxyl groups is 1. The minimum atomic E-state index is -0.375. The van der Waals surface area contributed by atoms with E-state index in [1.165, 1.54) is 18.2 Å². The van der Waals surface area contributed by atoms with Crippen LogP contribution in [0.5, 0.6) is 5.75 Å². The lowest BCUT2D eigenvalue weighted by Crippen LogP contribution is -1.83. The smallest absolute Gasteiger partial charge is 0.261 e. The largest absolute Gasteiger partial charge is 0.507 e. The summed E-state index contributed by atoms with van der Waals surface area (Å²) in [4.78, 5) is 4.16. The zero-order chi connectivity index (χ0) is 14.1. The van der Waals surface area contributed by atoms with Crippen molar-refractivity contribution in [1.82, 2.24) is 10.1 Å². The third-order valence-electron chi connectivity index (χ3n) is 2.70. The highest BCUT2D eigenvalue weighted by molar-refractivity contribution is 9.10. The van der Waals surface area contributed by atoms with Crippen LogP contribution in [-0.4, -0.2) is 15.2 Å². The van der Waals surface area contributed by atoms with Crippen LogP contribution in [0.1, 0.15) is 0 Å². The normalized spacial score (nSPS) is 10.7. The second-order valence-corrected chi connectivity index (χ2v) is 5.01. The van der Waals surface area contributed by atoms with E-state index < -0.39 is 0 Å². The third-order valence-corrected chi connectivity index (χ3v) is 3.19. The number of hydrogen-bond donors (Lipinski definition) is 1. The number of phenols is 1. The minimum Gasteiger partial charge on any atom is -0.507 e. The van der Waals surface area contributed by atoms with Gasteiger partial charge in [-0.1, -0.05) is 33.2 Å². The lowest BCUT2D eigenvalue weighted by atomic mass is 10.2. The van der Waals surface area contributed by atoms with Gasteiger partial charge in [0.1, 0.15) is 11.6 Å². The molecule has 0 aliphatic heterocycles. The number of hydrogen-bond acceptors (Lipinski definition) is 4. The van der Waals surface area contributed by atoms with Gasteiger partial charge in [-0.15, -0.1) is 0 Å². The summed E-state index contributed by atoms with van der Waals surface area (Å²) in [6.45, 7) is 0. The molecule has 3 rings (SSSR count). The summed E-state index contributed by atoms with van der Waals surface area (Å²) in [5, 5.41) is 13.6. The van der Waals surface area contributed by atoms with E-state index in [0.29, 0.717) is 11.1 Å². The molecule has 0 aliphatic rings. The molecule has 0 radical (unpaired) electrons. The highest BCUT2D eigenvalue weighted by Crippen LogP contribution is 2.31. The standard InChI is InChI=1S/C14H8BrFN2O2/c15-9-4-5-11(12(19)7-9)14-17-13(18-20-14)8-2-1-3-10(16)6-8/h1-7,19H. The molecule has 0 atom stereocenters. The number of halogens is 2. The lowest BCUT2D eigenvalue weighted by Gasteiger charge is -1.99. The lowest BCUT2D eigenvalue weighted by molar-refractivity contribution is 0.425. The second kappa shape index (κ2) is 5.05. The van der Waals surface area contributed by atoms with Gasteiger partial charge in [0.15, 0.2) is 0 Å². The topological polar surface area (TPSA) is 59.2 Å². The average molecular weight is 335 g/mol. The van der Waals surface area contributed by atoms with E-state index in [0.717, 1.165) is 4.47 Å². The quantitative estimate of drug-likeness (QED) is 0.769. The molecule has 0 amide bonds. The zero-order valence-corrected chi connectivity index (χ0v) is 11.6. The number of nitrogens with zero attached hydrogens (tertiary/aromatic N) is 2. The molecule has 20 heavy (non-hydrogen) atoms.